The van der Waals surface area contributed by atoms with Crippen LogP contribution in [0, 0.1) is 5.82 Å². The fourth-order valence-electron chi connectivity index (χ4n) is 2.20. The molecule has 0 saturated carbocycles. The maximum atomic E-state index is 13.1. The summed E-state index contributed by atoms with van der Waals surface area (Å²) < 4.78 is 14.8. The van der Waals surface area contributed by atoms with Gasteiger partial charge in [0.2, 0.25) is 0 Å². The molecule has 1 aromatic carbocycles. The van der Waals surface area contributed by atoms with E-state index in [0.717, 1.165) is 22.5 Å². The van der Waals surface area contributed by atoms with Crippen LogP contribution in [0.15, 0.2) is 53.5 Å². The fourth-order valence-corrected chi connectivity index (χ4v) is 2.85. The van der Waals surface area contributed by atoms with Gasteiger partial charge in [-0.1, -0.05) is 0 Å². The number of thiophene rings is 1. The predicted octanol–water partition coefficient (Wildman–Crippen LogP) is 3.66. The third-order valence-corrected chi connectivity index (χ3v) is 3.89. The maximum absolute atomic E-state index is 13.1. The molecule has 3 heterocycles. The zero-order chi connectivity index (χ0) is 14.2. The van der Waals surface area contributed by atoms with Gasteiger partial charge in [-0.25, -0.2) is 9.37 Å². The lowest BCUT2D eigenvalue weighted by molar-refractivity contribution is 0.628. The molecule has 102 valence electrons. The van der Waals surface area contributed by atoms with Crippen molar-refractivity contribution in [1.82, 2.24) is 19.6 Å². The van der Waals surface area contributed by atoms with Crippen LogP contribution in [-0.2, 0) is 0 Å². The van der Waals surface area contributed by atoms with Gasteiger partial charge in [0.05, 0.1) is 11.4 Å². The van der Waals surface area contributed by atoms with Gasteiger partial charge in [0.1, 0.15) is 12.1 Å². The smallest absolute Gasteiger partial charge is 0.211 e. The minimum Gasteiger partial charge on any atom is -0.211 e. The average molecular weight is 296 g/mol. The Morgan fingerprint density at radius 3 is 2.67 bits per heavy atom. The van der Waals surface area contributed by atoms with Crippen molar-refractivity contribution in [3.05, 3.63) is 59.3 Å². The van der Waals surface area contributed by atoms with E-state index in [2.05, 4.69) is 15.1 Å². The summed E-state index contributed by atoms with van der Waals surface area (Å²) in [5, 5.41) is 8.23. The third kappa shape index (κ3) is 2.09. The molecule has 0 N–H and O–H groups in total. The second-order valence-corrected chi connectivity index (χ2v) is 5.30. The lowest BCUT2D eigenvalue weighted by Gasteiger charge is -2.06. The lowest BCUT2D eigenvalue weighted by atomic mass is 10.1. The number of halogens is 1. The third-order valence-electron chi connectivity index (χ3n) is 3.21. The molecule has 3 aromatic heterocycles. The Bertz CT molecular complexity index is 897. The van der Waals surface area contributed by atoms with Crippen molar-refractivity contribution >= 4 is 17.1 Å². The first-order valence-electron chi connectivity index (χ1n) is 6.30. The highest BCUT2D eigenvalue weighted by Gasteiger charge is 2.11. The number of hydrogen-bond donors (Lipinski definition) is 0. The monoisotopic (exact) mass is 296 g/mol. The summed E-state index contributed by atoms with van der Waals surface area (Å²) in [7, 11) is 0. The van der Waals surface area contributed by atoms with Crippen LogP contribution in [0.4, 0.5) is 4.39 Å². The van der Waals surface area contributed by atoms with Crippen LogP contribution in [0.5, 0.6) is 0 Å². The van der Waals surface area contributed by atoms with E-state index >= 15 is 0 Å². The van der Waals surface area contributed by atoms with Gasteiger partial charge in [-0.2, -0.15) is 25.9 Å². The first-order valence-corrected chi connectivity index (χ1v) is 7.25. The zero-order valence-corrected chi connectivity index (χ0v) is 11.6. The fraction of sp³-hybridized carbons (Fsp3) is 0. The maximum Gasteiger partial charge on any atom is 0.253 e. The first-order chi connectivity index (χ1) is 10.3. The summed E-state index contributed by atoms with van der Waals surface area (Å²) in [4.78, 5) is 8.67. The van der Waals surface area contributed by atoms with Crippen LogP contribution >= 0.6 is 11.3 Å². The minimum atomic E-state index is -0.263. The molecule has 4 aromatic rings. The molecule has 4 nitrogen and oxygen atoms in total. The minimum absolute atomic E-state index is 0.263. The molecule has 0 saturated heterocycles. The number of rotatable bonds is 2. The Balaban J connectivity index is 1.98. The van der Waals surface area contributed by atoms with Crippen molar-refractivity contribution in [3.8, 4) is 22.5 Å². The number of nitrogens with zero attached hydrogens (tertiary/aromatic N) is 4. The second kappa shape index (κ2) is 4.75. The molecular formula is C15H9FN4S. The lowest BCUT2D eigenvalue weighted by Crippen LogP contribution is -1.98. The Hall–Kier alpha value is -2.60. The van der Waals surface area contributed by atoms with Crippen LogP contribution in [0.1, 0.15) is 0 Å². The van der Waals surface area contributed by atoms with Crippen molar-refractivity contribution in [2.45, 2.75) is 0 Å². The summed E-state index contributed by atoms with van der Waals surface area (Å²) in [6.07, 6.45) is 1.47. The van der Waals surface area contributed by atoms with Crippen molar-refractivity contribution < 1.29 is 4.39 Å². The number of fused-ring (bicyclic) bond motifs is 1. The van der Waals surface area contributed by atoms with Gasteiger partial charge in [0.15, 0.2) is 0 Å². The number of hydrogen-bond acceptors (Lipinski definition) is 4. The van der Waals surface area contributed by atoms with E-state index in [1.54, 1.807) is 28.0 Å². The normalized spacial score (nSPS) is 11.1. The molecular weight excluding hydrogens is 287 g/mol. The molecule has 0 aliphatic heterocycles. The highest BCUT2D eigenvalue weighted by Crippen LogP contribution is 2.26. The molecule has 0 aliphatic carbocycles. The van der Waals surface area contributed by atoms with Crippen LogP contribution in [0.25, 0.3) is 28.3 Å². The van der Waals surface area contributed by atoms with Gasteiger partial charge in [0.25, 0.3) is 5.78 Å². The SMILES string of the molecule is Fc1ccc(-c2cc(-c3ccsc3)nc3ncnn23)cc1. The summed E-state index contributed by atoms with van der Waals surface area (Å²) in [5.74, 6) is 0.263. The Morgan fingerprint density at radius 1 is 1.05 bits per heavy atom. The summed E-state index contributed by atoms with van der Waals surface area (Å²) in [5.41, 5.74) is 3.56. The Labute approximate surface area is 123 Å². The van der Waals surface area contributed by atoms with E-state index in [1.165, 1.54) is 18.5 Å². The highest BCUT2D eigenvalue weighted by atomic mass is 32.1. The summed E-state index contributed by atoms with van der Waals surface area (Å²) >= 11 is 1.61. The Morgan fingerprint density at radius 2 is 1.90 bits per heavy atom. The molecule has 0 fully saturated rings. The van der Waals surface area contributed by atoms with Crippen molar-refractivity contribution in [2.75, 3.05) is 0 Å². The number of benzene rings is 1. The second-order valence-electron chi connectivity index (χ2n) is 4.52. The average Bonchev–Trinajstić information content (AvgIpc) is 3.18. The standard InChI is InChI=1S/C15H9FN4S/c16-12-3-1-10(2-4-12)14-7-13(11-5-6-21-8-11)19-15-17-9-18-20(14)15/h1-9H. The Kier molecular flexibility index (Phi) is 2.75. The van der Waals surface area contributed by atoms with Crippen molar-refractivity contribution in [2.24, 2.45) is 0 Å². The number of aromatic nitrogens is 4. The molecule has 0 bridgehead atoms. The van der Waals surface area contributed by atoms with Crippen molar-refractivity contribution in [3.63, 3.8) is 0 Å². The largest absolute Gasteiger partial charge is 0.253 e. The molecule has 21 heavy (non-hydrogen) atoms. The molecule has 0 aliphatic rings. The van der Waals surface area contributed by atoms with Gasteiger partial charge in [-0.3, -0.25) is 0 Å². The van der Waals surface area contributed by atoms with Gasteiger partial charge in [0, 0.05) is 16.5 Å². The predicted molar refractivity (Wildman–Crippen MR) is 79.5 cm³/mol. The van der Waals surface area contributed by atoms with Crippen molar-refractivity contribution in [1.29, 1.82) is 0 Å². The van der Waals surface area contributed by atoms with E-state index in [1.807, 2.05) is 22.9 Å². The van der Waals surface area contributed by atoms with E-state index in [0.29, 0.717) is 5.78 Å². The van der Waals surface area contributed by atoms with E-state index < -0.39 is 0 Å². The molecule has 0 amide bonds. The summed E-state index contributed by atoms with van der Waals surface area (Å²) in [6.45, 7) is 0. The van der Waals surface area contributed by atoms with E-state index in [9.17, 15) is 4.39 Å². The van der Waals surface area contributed by atoms with Gasteiger partial charge in [-0.05, 0) is 41.8 Å². The molecule has 6 heteroatoms. The molecule has 4 rings (SSSR count). The highest BCUT2D eigenvalue weighted by molar-refractivity contribution is 7.08. The first kappa shape index (κ1) is 12.2. The van der Waals surface area contributed by atoms with Crippen LogP contribution in [-0.4, -0.2) is 19.6 Å². The van der Waals surface area contributed by atoms with Crippen LogP contribution in [0.3, 0.4) is 0 Å². The molecule has 0 spiro atoms. The van der Waals surface area contributed by atoms with E-state index in [4.69, 9.17) is 0 Å². The molecule has 0 atom stereocenters. The van der Waals surface area contributed by atoms with Crippen LogP contribution in [0.2, 0.25) is 0 Å². The molecule has 0 unspecified atom stereocenters. The van der Waals surface area contributed by atoms with Crippen LogP contribution < -0.4 is 0 Å². The summed E-state index contributed by atoms with van der Waals surface area (Å²) in [6, 6.07) is 10.3. The van der Waals surface area contributed by atoms with E-state index in [-0.39, 0.29) is 5.82 Å². The quantitative estimate of drug-likeness (QED) is 0.567. The van der Waals surface area contributed by atoms with Gasteiger partial charge < -0.3 is 0 Å². The topological polar surface area (TPSA) is 43.1 Å². The zero-order valence-electron chi connectivity index (χ0n) is 10.8. The van der Waals surface area contributed by atoms with Gasteiger partial charge in [-0.15, -0.1) is 0 Å². The molecule has 0 radical (unpaired) electrons. The van der Waals surface area contributed by atoms with Gasteiger partial charge >= 0.3 is 0 Å².